The SMILES string of the molecule is CCC(Cc1nc(C)cs1)C(=O)NC(CNC(=O)OC(C)C)C(=O)NC(CC(C)C)C(O)CC(C)C(=O)NC(C(=O)NCC(C)C)C(C)C.Cc1csc(CC(C)C(=O)NC(CNC(=O)OC(C)(C)C)C(=O)NC(CC(C)C)C(O)CC(C)C(=O)NC(CS(=O)(=O)CC(C)C)C(C)C)n1. The molecule has 0 radical (unpaired) electrons. The third kappa shape index (κ3) is 38.0. The van der Waals surface area contributed by atoms with Gasteiger partial charge in [0.2, 0.25) is 41.4 Å². The Morgan fingerprint density at radius 2 is 0.919 bits per heavy atom. The summed E-state index contributed by atoms with van der Waals surface area (Å²) in [5.41, 5.74) is 0.944. The molecule has 0 aliphatic heterocycles. The number of ether oxygens (including phenoxy) is 2. The molecule has 0 fully saturated rings. The monoisotopic (exact) mass is 1460 g/mol. The number of aliphatic hydroxyl groups is 2. The van der Waals surface area contributed by atoms with Crippen molar-refractivity contribution in [3.63, 3.8) is 0 Å². The molecule has 2 aromatic heterocycles. The lowest BCUT2D eigenvalue weighted by molar-refractivity contribution is -0.133. The van der Waals surface area contributed by atoms with Crippen molar-refractivity contribution in [3.8, 4) is 0 Å². The molecule has 0 saturated heterocycles. The average Bonchev–Trinajstić information content (AvgIpc) is 0.966. The summed E-state index contributed by atoms with van der Waals surface area (Å²) in [5, 5.41) is 53.0. The Labute approximate surface area is 598 Å². The van der Waals surface area contributed by atoms with E-state index in [0.717, 1.165) is 21.4 Å². The zero-order valence-electron chi connectivity index (χ0n) is 63.4. The highest BCUT2D eigenvalue weighted by Crippen LogP contribution is 2.22. The molecule has 568 valence electrons. The predicted molar refractivity (Wildman–Crippen MR) is 389 cm³/mol. The molecule has 0 bridgehead atoms. The first-order valence-corrected chi connectivity index (χ1v) is 38.7. The molecular weight excluding hydrogens is 1330 g/mol. The first-order chi connectivity index (χ1) is 45.7. The standard InChI is InChI=1S/C35H62N6O7S.C35H63N5O8S2/c1-12-25(15-29-38-24(11)18-49-29)32(44)40-27(17-37-35(47)48-22(8)9)33(45)39-26(13-19(2)3)28(42)14-23(10)31(43)41-30(21(6)7)34(46)36-16-20(4)5;1-20(2)13-26(29(41)14-23(7)31(42)40-28(22(5)6)19-50(46,47)18-21(3)4)38-33(44)27(16-36-34(45)48-35(10,11)12)39-32(43)24(8)15-30-37-25(9)17-49-30/h18-23,25-28,30,42H,12-17H2,1-11H3,(H,36,46)(H,37,47)(H,39,45)(H,40,44)(H,41,43);17,20-24,26-29,41H,13-16,18-19H2,1-12H3,(H,36,45)(H,38,44)(H,39,43)(H,40,42). The van der Waals surface area contributed by atoms with Crippen LogP contribution >= 0.6 is 22.7 Å². The molecule has 0 aliphatic carbocycles. The fourth-order valence-electron chi connectivity index (χ4n) is 10.2. The Bertz CT molecular complexity index is 2950. The summed E-state index contributed by atoms with van der Waals surface area (Å²) in [4.78, 5) is 127. The molecule has 12 unspecified atom stereocenters. The molecule has 2 rings (SSSR count). The van der Waals surface area contributed by atoms with Gasteiger partial charge in [0.1, 0.15) is 23.7 Å². The highest BCUT2D eigenvalue weighted by Gasteiger charge is 2.36. The number of sulfone groups is 1. The molecule has 0 aliphatic rings. The van der Waals surface area contributed by atoms with Crippen molar-refractivity contribution >= 4 is 86.0 Å². The quantitative estimate of drug-likeness (QED) is 0.0312. The topological polar surface area (TPSA) is 381 Å². The van der Waals surface area contributed by atoms with Crippen molar-refractivity contribution in [3.05, 3.63) is 32.2 Å². The number of amides is 9. The first kappa shape index (κ1) is 91.0. The second-order valence-electron chi connectivity index (χ2n) is 30.1. The Hall–Kier alpha value is -6.04. The lowest BCUT2D eigenvalue weighted by Crippen LogP contribution is -2.57. The maximum atomic E-state index is 13.7. The number of carbonyl (C=O) groups is 9. The van der Waals surface area contributed by atoms with Gasteiger partial charge in [-0.25, -0.2) is 28.0 Å². The number of hydrogen-bond donors (Lipinski definition) is 11. The van der Waals surface area contributed by atoms with E-state index < -0.39 is 123 Å². The molecule has 26 nitrogen and oxygen atoms in total. The molecular formula is C70H125N11O15S3. The van der Waals surface area contributed by atoms with E-state index in [0.29, 0.717) is 38.6 Å². The number of aryl methyl sites for hydroxylation is 2. The van der Waals surface area contributed by atoms with Crippen LogP contribution in [-0.2, 0) is 65.7 Å². The zero-order valence-corrected chi connectivity index (χ0v) is 65.9. The van der Waals surface area contributed by atoms with Gasteiger partial charge in [-0.2, -0.15) is 0 Å². The van der Waals surface area contributed by atoms with Crippen molar-refractivity contribution in [2.75, 3.05) is 31.1 Å². The Kier molecular flexibility index (Phi) is 40.8. The fourth-order valence-corrected chi connectivity index (χ4v) is 14.2. The number of rotatable bonds is 41. The summed E-state index contributed by atoms with van der Waals surface area (Å²) in [6.45, 7) is 41.9. The first-order valence-electron chi connectivity index (χ1n) is 35.1. The van der Waals surface area contributed by atoms with E-state index >= 15 is 0 Å². The molecule has 2 aromatic rings. The van der Waals surface area contributed by atoms with Crippen LogP contribution in [0.3, 0.4) is 0 Å². The van der Waals surface area contributed by atoms with Crippen molar-refractivity contribution < 1.29 is 71.3 Å². The number of carbonyl (C=O) groups excluding carboxylic acids is 9. The van der Waals surface area contributed by atoms with Gasteiger partial charge in [-0.3, -0.25) is 33.6 Å². The minimum atomic E-state index is -3.39. The lowest BCUT2D eigenvalue weighted by atomic mass is 9.91. The van der Waals surface area contributed by atoms with Gasteiger partial charge in [-0.15, -0.1) is 22.7 Å². The minimum Gasteiger partial charge on any atom is -0.447 e. The summed E-state index contributed by atoms with van der Waals surface area (Å²) < 4.78 is 35.8. The van der Waals surface area contributed by atoms with Crippen LogP contribution in [0.25, 0.3) is 0 Å². The van der Waals surface area contributed by atoms with E-state index in [4.69, 9.17) is 9.47 Å². The summed E-state index contributed by atoms with van der Waals surface area (Å²) in [5.74, 6) is -5.51. The fraction of sp³-hybridized carbons (Fsp3) is 0.786. The second-order valence-corrected chi connectivity index (χ2v) is 34.2. The lowest BCUT2D eigenvalue weighted by Gasteiger charge is -2.30. The summed E-state index contributed by atoms with van der Waals surface area (Å²) in [6.07, 6.45) is -2.10. The maximum Gasteiger partial charge on any atom is 0.407 e. The molecule has 9 amide bonds. The van der Waals surface area contributed by atoms with Gasteiger partial charge in [0.15, 0.2) is 9.84 Å². The van der Waals surface area contributed by atoms with Gasteiger partial charge in [-0.05, 0) is 116 Å². The second kappa shape index (κ2) is 44.4. The van der Waals surface area contributed by atoms with Gasteiger partial charge in [-0.1, -0.05) is 111 Å². The van der Waals surface area contributed by atoms with Crippen LogP contribution in [0.1, 0.15) is 199 Å². The molecule has 11 N–H and O–H groups in total. The van der Waals surface area contributed by atoms with Crippen LogP contribution in [0.15, 0.2) is 10.8 Å². The summed E-state index contributed by atoms with van der Waals surface area (Å²) in [7, 11) is -3.39. The summed E-state index contributed by atoms with van der Waals surface area (Å²) in [6, 6.07) is -5.25. The minimum absolute atomic E-state index is 0.00942. The van der Waals surface area contributed by atoms with E-state index in [1.807, 2.05) is 115 Å². The number of alkyl carbamates (subject to hydrolysis) is 2. The number of nitrogens with zero attached hydrogens (tertiary/aromatic N) is 2. The Balaban J connectivity index is 0.000000990. The highest BCUT2D eigenvalue weighted by atomic mass is 32.2. The van der Waals surface area contributed by atoms with Crippen molar-refractivity contribution in [1.29, 1.82) is 0 Å². The van der Waals surface area contributed by atoms with Crippen LogP contribution in [0, 0.1) is 73.0 Å². The van der Waals surface area contributed by atoms with E-state index in [2.05, 4.69) is 57.8 Å². The summed E-state index contributed by atoms with van der Waals surface area (Å²) >= 11 is 2.91. The number of thiazole rings is 2. The van der Waals surface area contributed by atoms with E-state index in [-0.39, 0.29) is 96.8 Å². The molecule has 29 heteroatoms. The van der Waals surface area contributed by atoms with Crippen LogP contribution < -0.4 is 47.9 Å². The number of aromatic nitrogens is 2. The number of hydrogen-bond acceptors (Lipinski definition) is 19. The van der Waals surface area contributed by atoms with Crippen molar-refractivity contribution in [2.24, 2.45) is 59.2 Å². The molecule has 0 saturated carbocycles. The molecule has 12 atom stereocenters. The van der Waals surface area contributed by atoms with Crippen LogP contribution in [-0.4, -0.2) is 173 Å². The van der Waals surface area contributed by atoms with E-state index in [1.54, 1.807) is 55.4 Å². The average molecular weight is 1460 g/mol. The molecule has 0 spiro atoms. The maximum absolute atomic E-state index is 13.7. The Morgan fingerprint density at radius 1 is 0.485 bits per heavy atom. The molecule has 2 heterocycles. The number of nitrogens with one attached hydrogen (secondary N) is 9. The van der Waals surface area contributed by atoms with Crippen molar-refractivity contribution in [2.45, 2.75) is 264 Å². The predicted octanol–water partition coefficient (Wildman–Crippen LogP) is 7.24. The highest BCUT2D eigenvalue weighted by molar-refractivity contribution is 7.91. The Morgan fingerprint density at radius 3 is 1.31 bits per heavy atom. The van der Waals surface area contributed by atoms with Crippen molar-refractivity contribution in [1.82, 2.24) is 57.8 Å². The third-order valence-corrected chi connectivity index (χ3v) is 19.7. The zero-order chi connectivity index (χ0) is 76.0. The van der Waals surface area contributed by atoms with E-state index in [9.17, 15) is 61.8 Å². The smallest absolute Gasteiger partial charge is 0.407 e. The normalized spacial score (nSPS) is 15.6. The van der Waals surface area contributed by atoms with Gasteiger partial charge in [0.25, 0.3) is 0 Å². The third-order valence-electron chi connectivity index (χ3n) is 15.7. The van der Waals surface area contributed by atoms with Gasteiger partial charge < -0.3 is 67.5 Å². The van der Waals surface area contributed by atoms with Gasteiger partial charge >= 0.3 is 12.2 Å². The van der Waals surface area contributed by atoms with Gasteiger partial charge in [0, 0.05) is 71.2 Å². The van der Waals surface area contributed by atoms with E-state index in [1.165, 1.54) is 22.7 Å². The van der Waals surface area contributed by atoms with Crippen LogP contribution in [0.4, 0.5) is 9.59 Å². The molecule has 99 heavy (non-hydrogen) atoms. The van der Waals surface area contributed by atoms with Crippen LogP contribution in [0.2, 0.25) is 0 Å². The van der Waals surface area contributed by atoms with Gasteiger partial charge in [0.05, 0.1) is 65.0 Å². The molecule has 0 aromatic carbocycles. The van der Waals surface area contributed by atoms with Crippen LogP contribution in [0.5, 0.6) is 0 Å². The number of aliphatic hydroxyl groups excluding tert-OH is 2. The largest absolute Gasteiger partial charge is 0.447 e.